The number of aryl methyl sites for hydroxylation is 2. The summed E-state index contributed by atoms with van der Waals surface area (Å²) in [6, 6.07) is 36.2. The van der Waals surface area contributed by atoms with Crippen LogP contribution in [0.25, 0.3) is 0 Å². The van der Waals surface area contributed by atoms with Gasteiger partial charge in [0.2, 0.25) is 0 Å². The zero-order valence-electron chi connectivity index (χ0n) is 23.2. The Morgan fingerprint density at radius 2 is 1.24 bits per heavy atom. The number of nitrogens with zero attached hydrogens (tertiary/aromatic N) is 3. The number of anilines is 4. The molecule has 0 unspecified atom stereocenters. The van der Waals surface area contributed by atoms with Gasteiger partial charge in [-0.05, 0) is 91.2 Å². The average Bonchev–Trinajstić information content (AvgIpc) is 2.99. The highest BCUT2D eigenvalue weighted by Gasteiger charge is 2.34. The van der Waals surface area contributed by atoms with E-state index in [0.29, 0.717) is 17.3 Å². The van der Waals surface area contributed by atoms with Crippen LogP contribution in [-0.2, 0) is 12.7 Å². The molecule has 0 aliphatic heterocycles. The number of alkyl halides is 3. The van der Waals surface area contributed by atoms with Gasteiger partial charge in [0.05, 0.1) is 23.2 Å². The molecule has 0 aliphatic carbocycles. The predicted octanol–water partition coefficient (Wildman–Crippen LogP) is 10.5. The molecule has 0 saturated carbocycles. The lowest BCUT2D eigenvalue weighted by molar-refractivity contribution is -0.137. The van der Waals surface area contributed by atoms with Crippen molar-refractivity contribution in [2.75, 3.05) is 9.91 Å². The normalized spacial score (nSPS) is 11.6. The Balaban J connectivity index is 1.57. The van der Waals surface area contributed by atoms with Crippen molar-refractivity contribution in [2.24, 2.45) is 5.10 Å². The zero-order valence-corrected chi connectivity index (χ0v) is 23.9. The van der Waals surface area contributed by atoms with E-state index in [2.05, 4.69) is 5.10 Å². The molecule has 0 saturated heterocycles. The van der Waals surface area contributed by atoms with Crippen molar-refractivity contribution >= 4 is 40.6 Å². The van der Waals surface area contributed by atoms with Crippen LogP contribution in [0.2, 0.25) is 5.02 Å². The molecule has 3 nitrogen and oxygen atoms in total. The van der Waals surface area contributed by atoms with Crippen LogP contribution in [0.1, 0.15) is 27.8 Å². The Morgan fingerprint density at radius 3 is 1.81 bits per heavy atom. The molecule has 7 heteroatoms. The van der Waals surface area contributed by atoms with Crippen LogP contribution in [0.15, 0.2) is 126 Å². The summed E-state index contributed by atoms with van der Waals surface area (Å²) in [5.74, 6) is 0. The lowest BCUT2D eigenvalue weighted by Gasteiger charge is -2.27. The molecule has 0 N–H and O–H groups in total. The van der Waals surface area contributed by atoms with Gasteiger partial charge in [-0.25, -0.2) is 5.01 Å². The highest BCUT2D eigenvalue weighted by molar-refractivity contribution is 6.30. The van der Waals surface area contributed by atoms with Crippen LogP contribution in [0.3, 0.4) is 0 Å². The molecule has 0 aromatic heterocycles. The van der Waals surface area contributed by atoms with E-state index in [1.54, 1.807) is 23.2 Å². The van der Waals surface area contributed by atoms with Gasteiger partial charge in [0, 0.05) is 28.5 Å². The van der Waals surface area contributed by atoms with Gasteiger partial charge in [-0.1, -0.05) is 72.3 Å². The number of para-hydroxylation sites is 2. The number of hydrogen-bond acceptors (Lipinski definition) is 3. The van der Waals surface area contributed by atoms with Gasteiger partial charge in [-0.2, -0.15) is 18.3 Å². The summed E-state index contributed by atoms with van der Waals surface area (Å²) in [6.07, 6.45) is -3.33. The third kappa shape index (κ3) is 6.84. The van der Waals surface area contributed by atoms with Crippen LogP contribution in [0.5, 0.6) is 0 Å². The van der Waals surface area contributed by atoms with Gasteiger partial charge in [-0.15, -0.1) is 0 Å². The first kappa shape index (κ1) is 29.0. The minimum absolute atomic E-state index is 0.0327. The summed E-state index contributed by atoms with van der Waals surface area (Å²) in [4.78, 5) is 1.88. The minimum atomic E-state index is -4.60. The summed E-state index contributed by atoms with van der Waals surface area (Å²) < 4.78 is 43.6. The van der Waals surface area contributed by atoms with E-state index in [4.69, 9.17) is 11.6 Å². The predicted molar refractivity (Wildman–Crippen MR) is 167 cm³/mol. The maximum Gasteiger partial charge on any atom is 0.417 e. The quantitative estimate of drug-likeness (QED) is 0.134. The molecule has 0 radical (unpaired) electrons. The van der Waals surface area contributed by atoms with Crippen LogP contribution in [0.4, 0.5) is 35.9 Å². The van der Waals surface area contributed by atoms with Gasteiger partial charge in [0.15, 0.2) is 0 Å². The Morgan fingerprint density at radius 1 is 0.667 bits per heavy atom. The van der Waals surface area contributed by atoms with Gasteiger partial charge in [-0.3, -0.25) is 0 Å². The van der Waals surface area contributed by atoms with Crippen molar-refractivity contribution in [2.45, 2.75) is 26.6 Å². The van der Waals surface area contributed by atoms with Crippen LogP contribution < -0.4 is 9.91 Å². The van der Waals surface area contributed by atoms with Gasteiger partial charge in [0.1, 0.15) is 0 Å². The molecule has 5 aromatic rings. The first-order chi connectivity index (χ1) is 20.2. The maximum atomic E-state index is 14.5. The van der Waals surface area contributed by atoms with Crippen molar-refractivity contribution in [3.05, 3.63) is 154 Å². The van der Waals surface area contributed by atoms with Crippen molar-refractivity contribution < 1.29 is 13.2 Å². The minimum Gasteiger partial charge on any atom is -0.337 e. The van der Waals surface area contributed by atoms with Gasteiger partial charge in [0.25, 0.3) is 0 Å². The SMILES string of the molecule is Cc1ccc(N(Cc2ccc(Cl)cc2)c2ccc(C=NN(c3ccccc3)c3ccccc3)c(C(F)(F)F)c2)cc1C. The van der Waals surface area contributed by atoms with Crippen molar-refractivity contribution in [3.63, 3.8) is 0 Å². The molecule has 0 fully saturated rings. The molecule has 0 bridgehead atoms. The molecule has 0 aliphatic rings. The Kier molecular flexibility index (Phi) is 8.64. The number of benzene rings is 5. The monoisotopic (exact) mass is 583 g/mol. The van der Waals surface area contributed by atoms with E-state index >= 15 is 0 Å². The lowest BCUT2D eigenvalue weighted by atomic mass is 10.0. The first-order valence-electron chi connectivity index (χ1n) is 13.4. The third-order valence-electron chi connectivity index (χ3n) is 7.02. The molecule has 0 spiro atoms. The number of hydrazone groups is 1. The molecular formula is C35H29ClF3N3. The summed E-state index contributed by atoms with van der Waals surface area (Å²) >= 11 is 6.08. The highest BCUT2D eigenvalue weighted by atomic mass is 35.5. The fraction of sp³-hybridized carbons (Fsp3) is 0.114. The third-order valence-corrected chi connectivity index (χ3v) is 7.28. The molecule has 5 rings (SSSR count). The van der Waals surface area contributed by atoms with Crippen LogP contribution in [0, 0.1) is 13.8 Å². The van der Waals surface area contributed by atoms with Crippen LogP contribution >= 0.6 is 11.6 Å². The van der Waals surface area contributed by atoms with E-state index < -0.39 is 11.7 Å². The Hall–Kier alpha value is -4.55. The zero-order chi connectivity index (χ0) is 29.7. The van der Waals surface area contributed by atoms with E-state index in [0.717, 1.165) is 33.8 Å². The average molecular weight is 584 g/mol. The molecule has 0 amide bonds. The van der Waals surface area contributed by atoms with Gasteiger partial charge >= 0.3 is 6.18 Å². The van der Waals surface area contributed by atoms with Crippen molar-refractivity contribution in [3.8, 4) is 0 Å². The number of rotatable bonds is 8. The Bertz CT molecular complexity index is 1630. The summed E-state index contributed by atoms with van der Waals surface area (Å²) in [7, 11) is 0. The summed E-state index contributed by atoms with van der Waals surface area (Å²) in [5.41, 5.74) is 4.94. The van der Waals surface area contributed by atoms with Crippen LogP contribution in [-0.4, -0.2) is 6.21 Å². The van der Waals surface area contributed by atoms with E-state index in [1.807, 2.05) is 110 Å². The maximum absolute atomic E-state index is 14.5. The van der Waals surface area contributed by atoms with Crippen molar-refractivity contribution in [1.29, 1.82) is 0 Å². The van der Waals surface area contributed by atoms with E-state index in [-0.39, 0.29) is 5.56 Å². The summed E-state index contributed by atoms with van der Waals surface area (Å²) in [6.45, 7) is 4.36. The standard InChI is InChI=1S/C35H29ClF3N3/c1-25-13-19-32(21-26(25)2)41(24-27-14-17-29(36)18-15-27)33-20-16-28(34(22-33)35(37,38)39)23-40-42(30-9-5-3-6-10-30)31-11-7-4-8-12-31/h3-23H,24H2,1-2H3. The van der Waals surface area contributed by atoms with E-state index in [1.165, 1.54) is 18.3 Å². The fourth-order valence-corrected chi connectivity index (χ4v) is 4.73. The second-order valence-corrected chi connectivity index (χ2v) is 10.4. The fourth-order valence-electron chi connectivity index (χ4n) is 4.61. The summed E-state index contributed by atoms with van der Waals surface area (Å²) in [5, 5.41) is 6.74. The van der Waals surface area contributed by atoms with Crippen molar-refractivity contribution in [1.82, 2.24) is 0 Å². The second kappa shape index (κ2) is 12.5. The molecule has 212 valence electrons. The topological polar surface area (TPSA) is 18.8 Å². The Labute approximate surface area is 249 Å². The number of hydrogen-bond donors (Lipinski definition) is 0. The first-order valence-corrected chi connectivity index (χ1v) is 13.8. The largest absolute Gasteiger partial charge is 0.417 e. The molecule has 5 aromatic carbocycles. The molecule has 42 heavy (non-hydrogen) atoms. The van der Waals surface area contributed by atoms with Gasteiger partial charge < -0.3 is 4.90 Å². The number of halogens is 4. The lowest BCUT2D eigenvalue weighted by Crippen LogP contribution is -2.19. The molecule has 0 atom stereocenters. The second-order valence-electron chi connectivity index (χ2n) is 9.98. The highest BCUT2D eigenvalue weighted by Crippen LogP contribution is 2.37. The molecular weight excluding hydrogens is 555 g/mol. The molecule has 0 heterocycles. The van der Waals surface area contributed by atoms with E-state index in [9.17, 15) is 13.2 Å². The smallest absolute Gasteiger partial charge is 0.337 e.